The standard InChI is InChI=1S/C13H21NOS2/c1-10-5-3-4-6-12(10)15-7-8-16-13-14-11(2)9-17-13/h9-10,12H,3-8H2,1-2H3/t10-,12+/m0/s1. The Morgan fingerprint density at radius 1 is 1.47 bits per heavy atom. The SMILES string of the molecule is Cc1csc(SCCO[C@@H]2CCCC[C@@H]2C)n1. The monoisotopic (exact) mass is 271 g/mol. The lowest BCUT2D eigenvalue weighted by Gasteiger charge is -2.28. The van der Waals surface area contributed by atoms with Crippen molar-refractivity contribution in [3.63, 3.8) is 0 Å². The van der Waals surface area contributed by atoms with Gasteiger partial charge in [-0.3, -0.25) is 0 Å². The van der Waals surface area contributed by atoms with Crippen LogP contribution < -0.4 is 0 Å². The van der Waals surface area contributed by atoms with E-state index in [1.54, 1.807) is 11.3 Å². The summed E-state index contributed by atoms with van der Waals surface area (Å²) < 4.78 is 7.15. The maximum atomic E-state index is 5.98. The van der Waals surface area contributed by atoms with Crippen molar-refractivity contribution in [2.24, 2.45) is 5.92 Å². The van der Waals surface area contributed by atoms with Crippen molar-refractivity contribution in [1.29, 1.82) is 0 Å². The van der Waals surface area contributed by atoms with Crippen molar-refractivity contribution in [2.75, 3.05) is 12.4 Å². The average molecular weight is 271 g/mol. The molecule has 2 rings (SSSR count). The molecule has 1 saturated carbocycles. The number of thiazole rings is 1. The predicted octanol–water partition coefficient (Wildman–Crippen LogP) is 4.14. The lowest BCUT2D eigenvalue weighted by molar-refractivity contribution is 0.00347. The van der Waals surface area contributed by atoms with Crippen LogP contribution in [0.15, 0.2) is 9.72 Å². The van der Waals surface area contributed by atoms with Crippen molar-refractivity contribution < 1.29 is 4.74 Å². The Morgan fingerprint density at radius 3 is 3.00 bits per heavy atom. The van der Waals surface area contributed by atoms with Crippen molar-refractivity contribution >= 4 is 23.1 Å². The quantitative estimate of drug-likeness (QED) is 0.593. The van der Waals surface area contributed by atoms with E-state index in [0.29, 0.717) is 6.10 Å². The summed E-state index contributed by atoms with van der Waals surface area (Å²) in [5.74, 6) is 1.77. The number of thioether (sulfide) groups is 1. The fraction of sp³-hybridized carbons (Fsp3) is 0.769. The zero-order chi connectivity index (χ0) is 12.1. The zero-order valence-electron chi connectivity index (χ0n) is 10.6. The van der Waals surface area contributed by atoms with Crippen LogP contribution in [0.3, 0.4) is 0 Å². The fourth-order valence-corrected chi connectivity index (χ4v) is 4.01. The molecule has 1 aromatic heterocycles. The maximum Gasteiger partial charge on any atom is 0.150 e. The second kappa shape index (κ2) is 6.76. The normalized spacial score (nSPS) is 25.1. The van der Waals surface area contributed by atoms with Gasteiger partial charge in [0.25, 0.3) is 0 Å². The summed E-state index contributed by atoms with van der Waals surface area (Å²) in [7, 11) is 0. The molecule has 1 aliphatic carbocycles. The highest BCUT2D eigenvalue weighted by atomic mass is 32.2. The van der Waals surface area contributed by atoms with E-state index in [-0.39, 0.29) is 0 Å². The van der Waals surface area contributed by atoms with Crippen LogP contribution >= 0.6 is 23.1 Å². The zero-order valence-corrected chi connectivity index (χ0v) is 12.3. The molecule has 1 aromatic rings. The summed E-state index contributed by atoms with van der Waals surface area (Å²) in [4.78, 5) is 4.44. The molecule has 4 heteroatoms. The Balaban J connectivity index is 1.62. The minimum absolute atomic E-state index is 0.502. The van der Waals surface area contributed by atoms with Crippen LogP contribution in [0, 0.1) is 12.8 Å². The molecule has 2 atom stereocenters. The van der Waals surface area contributed by atoms with Gasteiger partial charge in [-0.05, 0) is 25.7 Å². The summed E-state index contributed by atoms with van der Waals surface area (Å²) >= 11 is 3.55. The van der Waals surface area contributed by atoms with Gasteiger partial charge < -0.3 is 4.74 Å². The van der Waals surface area contributed by atoms with Crippen LogP contribution in [-0.2, 0) is 4.74 Å². The molecule has 2 nitrogen and oxygen atoms in total. The molecule has 0 spiro atoms. The molecule has 0 amide bonds. The number of hydrogen-bond acceptors (Lipinski definition) is 4. The topological polar surface area (TPSA) is 22.1 Å². The van der Waals surface area contributed by atoms with Gasteiger partial charge in [-0.25, -0.2) is 4.98 Å². The Morgan fingerprint density at radius 2 is 2.29 bits per heavy atom. The van der Waals surface area contributed by atoms with Gasteiger partial charge in [0.15, 0.2) is 0 Å². The molecular formula is C13H21NOS2. The Bertz CT molecular complexity index is 340. The van der Waals surface area contributed by atoms with Gasteiger partial charge in [0.1, 0.15) is 4.34 Å². The van der Waals surface area contributed by atoms with E-state index in [9.17, 15) is 0 Å². The number of aryl methyl sites for hydroxylation is 1. The molecule has 0 bridgehead atoms. The molecule has 0 saturated heterocycles. The summed E-state index contributed by atoms with van der Waals surface area (Å²) in [5.41, 5.74) is 1.12. The first-order valence-electron chi connectivity index (χ1n) is 6.42. The number of nitrogens with zero attached hydrogens (tertiary/aromatic N) is 1. The first kappa shape index (κ1) is 13.4. The van der Waals surface area contributed by atoms with Gasteiger partial charge in [-0.2, -0.15) is 0 Å². The Hall–Kier alpha value is -0.0600. The minimum atomic E-state index is 0.502. The van der Waals surface area contributed by atoms with E-state index in [0.717, 1.165) is 24.0 Å². The van der Waals surface area contributed by atoms with Crippen LogP contribution in [0.2, 0.25) is 0 Å². The largest absolute Gasteiger partial charge is 0.377 e. The third-order valence-corrected chi connectivity index (χ3v) is 5.37. The van der Waals surface area contributed by atoms with Crippen molar-refractivity contribution in [3.05, 3.63) is 11.1 Å². The molecule has 1 heterocycles. The molecule has 1 fully saturated rings. The van der Waals surface area contributed by atoms with Crippen molar-refractivity contribution in [1.82, 2.24) is 4.98 Å². The van der Waals surface area contributed by atoms with Crippen LogP contribution in [0.4, 0.5) is 0 Å². The molecule has 0 aliphatic heterocycles. The number of rotatable bonds is 5. The smallest absolute Gasteiger partial charge is 0.150 e. The summed E-state index contributed by atoms with van der Waals surface area (Å²) in [5, 5.41) is 2.10. The molecule has 0 unspecified atom stereocenters. The highest BCUT2D eigenvalue weighted by Gasteiger charge is 2.21. The van der Waals surface area contributed by atoms with Gasteiger partial charge in [-0.1, -0.05) is 31.5 Å². The summed E-state index contributed by atoms with van der Waals surface area (Å²) in [6.07, 6.45) is 5.82. The lowest BCUT2D eigenvalue weighted by Crippen LogP contribution is -2.26. The molecule has 17 heavy (non-hydrogen) atoms. The van der Waals surface area contributed by atoms with Gasteiger partial charge in [0.2, 0.25) is 0 Å². The molecule has 0 N–H and O–H groups in total. The maximum absolute atomic E-state index is 5.98. The highest BCUT2D eigenvalue weighted by molar-refractivity contribution is 8.01. The second-order valence-corrected chi connectivity index (χ2v) is 6.97. The highest BCUT2D eigenvalue weighted by Crippen LogP contribution is 2.27. The Labute approximate surface area is 112 Å². The predicted molar refractivity (Wildman–Crippen MR) is 74.9 cm³/mol. The lowest BCUT2D eigenvalue weighted by atomic mass is 9.88. The third kappa shape index (κ3) is 4.27. The van der Waals surface area contributed by atoms with Crippen LogP contribution in [0.1, 0.15) is 38.3 Å². The van der Waals surface area contributed by atoms with E-state index >= 15 is 0 Å². The van der Waals surface area contributed by atoms with Gasteiger partial charge in [0.05, 0.1) is 12.7 Å². The third-order valence-electron chi connectivity index (χ3n) is 3.27. The van der Waals surface area contributed by atoms with E-state index in [1.165, 1.54) is 30.0 Å². The Kier molecular flexibility index (Phi) is 5.32. The first-order valence-corrected chi connectivity index (χ1v) is 8.29. The van der Waals surface area contributed by atoms with Crippen LogP contribution in [0.25, 0.3) is 0 Å². The van der Waals surface area contributed by atoms with E-state index in [4.69, 9.17) is 4.74 Å². The van der Waals surface area contributed by atoms with Gasteiger partial charge in [-0.15, -0.1) is 11.3 Å². The van der Waals surface area contributed by atoms with E-state index < -0.39 is 0 Å². The van der Waals surface area contributed by atoms with Gasteiger partial charge in [0, 0.05) is 16.8 Å². The fourth-order valence-electron chi connectivity index (χ4n) is 2.26. The van der Waals surface area contributed by atoms with Crippen molar-refractivity contribution in [3.8, 4) is 0 Å². The number of hydrogen-bond donors (Lipinski definition) is 0. The summed E-state index contributed by atoms with van der Waals surface area (Å²) in [6, 6.07) is 0. The molecule has 0 aromatic carbocycles. The molecule has 96 valence electrons. The number of ether oxygens (including phenoxy) is 1. The second-order valence-electron chi connectivity index (χ2n) is 4.77. The average Bonchev–Trinajstić information content (AvgIpc) is 2.73. The molecular weight excluding hydrogens is 250 g/mol. The van der Waals surface area contributed by atoms with Crippen LogP contribution in [0.5, 0.6) is 0 Å². The minimum Gasteiger partial charge on any atom is -0.377 e. The van der Waals surface area contributed by atoms with Crippen LogP contribution in [-0.4, -0.2) is 23.4 Å². The van der Waals surface area contributed by atoms with Gasteiger partial charge >= 0.3 is 0 Å². The first-order chi connectivity index (χ1) is 8.25. The van der Waals surface area contributed by atoms with E-state index in [2.05, 4.69) is 17.3 Å². The summed E-state index contributed by atoms with van der Waals surface area (Å²) in [6.45, 7) is 5.22. The molecule has 0 radical (unpaired) electrons. The van der Waals surface area contributed by atoms with E-state index in [1.807, 2.05) is 18.7 Å². The molecule has 1 aliphatic rings. The van der Waals surface area contributed by atoms with Crippen molar-refractivity contribution in [2.45, 2.75) is 50.0 Å². The number of aromatic nitrogens is 1.